The highest BCUT2D eigenvalue weighted by Gasteiger charge is 2.18. The minimum atomic E-state index is -0.542. The van der Waals surface area contributed by atoms with Crippen LogP contribution in [0.2, 0.25) is 0 Å². The summed E-state index contributed by atoms with van der Waals surface area (Å²) in [5.41, 5.74) is 2.24. The van der Waals surface area contributed by atoms with Gasteiger partial charge in [0.05, 0.1) is 20.3 Å². The zero-order chi connectivity index (χ0) is 19.8. The van der Waals surface area contributed by atoms with Gasteiger partial charge in [-0.25, -0.2) is 0 Å². The molecule has 6 nitrogen and oxygen atoms in total. The van der Waals surface area contributed by atoms with Gasteiger partial charge in [0.1, 0.15) is 11.5 Å². The molecular formula is C22H28N2O4. The van der Waals surface area contributed by atoms with Crippen LogP contribution in [0.25, 0.3) is 0 Å². The predicted molar refractivity (Wildman–Crippen MR) is 109 cm³/mol. The summed E-state index contributed by atoms with van der Waals surface area (Å²) in [4.78, 5) is 14.8. The largest absolute Gasteiger partial charge is 0.497 e. The molecule has 28 heavy (non-hydrogen) atoms. The van der Waals surface area contributed by atoms with Crippen LogP contribution in [-0.4, -0.2) is 45.4 Å². The van der Waals surface area contributed by atoms with Crippen molar-refractivity contribution < 1.29 is 19.0 Å². The second-order valence-corrected chi connectivity index (χ2v) is 6.68. The van der Waals surface area contributed by atoms with Gasteiger partial charge in [-0.15, -0.1) is 0 Å². The summed E-state index contributed by atoms with van der Waals surface area (Å²) in [7, 11) is 1.60. The monoisotopic (exact) mass is 384 g/mol. The van der Waals surface area contributed by atoms with E-state index >= 15 is 0 Å². The molecule has 2 aromatic rings. The molecule has 0 radical (unpaired) electrons. The summed E-state index contributed by atoms with van der Waals surface area (Å²) >= 11 is 0. The molecule has 1 heterocycles. The fourth-order valence-corrected chi connectivity index (χ4v) is 3.11. The Bertz CT molecular complexity index is 757. The number of hydrogen-bond donors (Lipinski definition) is 1. The minimum absolute atomic E-state index is 0.123. The maximum absolute atomic E-state index is 12.5. The molecule has 150 valence electrons. The lowest BCUT2D eigenvalue weighted by atomic mass is 10.1. The van der Waals surface area contributed by atoms with E-state index in [2.05, 4.69) is 34.5 Å². The summed E-state index contributed by atoms with van der Waals surface area (Å²) in [6.45, 7) is 5.76. The van der Waals surface area contributed by atoms with Gasteiger partial charge >= 0.3 is 0 Å². The first-order valence-electron chi connectivity index (χ1n) is 9.69. The number of carbonyl (C=O) groups is 1. The molecule has 1 aliphatic heterocycles. The number of rotatable bonds is 8. The maximum atomic E-state index is 12.5. The first kappa shape index (κ1) is 20.0. The Balaban J connectivity index is 1.52. The van der Waals surface area contributed by atoms with Gasteiger partial charge in [0.2, 0.25) is 0 Å². The molecular weight excluding hydrogens is 356 g/mol. The van der Waals surface area contributed by atoms with E-state index in [-0.39, 0.29) is 5.91 Å². The molecule has 0 aromatic heterocycles. The molecule has 6 heteroatoms. The number of nitrogens with zero attached hydrogens (tertiary/aromatic N) is 1. The van der Waals surface area contributed by atoms with Gasteiger partial charge in [-0.05, 0) is 36.2 Å². The third-order valence-corrected chi connectivity index (χ3v) is 4.76. The molecule has 0 aliphatic carbocycles. The normalized spacial score (nSPS) is 15.0. The SMILES string of the molecule is CC[C@H](Oc1cccc(OC)c1)C(=O)NCc1ccc(N2CCOCC2)cc1. The van der Waals surface area contributed by atoms with Crippen molar-refractivity contribution in [2.75, 3.05) is 38.3 Å². The summed E-state index contributed by atoms with van der Waals surface area (Å²) in [6, 6.07) is 15.6. The van der Waals surface area contributed by atoms with Crippen LogP contribution in [0.15, 0.2) is 48.5 Å². The highest BCUT2D eigenvalue weighted by Crippen LogP contribution is 2.21. The van der Waals surface area contributed by atoms with E-state index in [9.17, 15) is 4.79 Å². The molecule has 1 amide bonds. The Labute approximate surface area is 166 Å². The lowest BCUT2D eigenvalue weighted by Crippen LogP contribution is -2.37. The molecule has 1 saturated heterocycles. The lowest BCUT2D eigenvalue weighted by molar-refractivity contribution is -0.128. The molecule has 3 rings (SSSR count). The zero-order valence-corrected chi connectivity index (χ0v) is 16.5. The number of anilines is 1. The van der Waals surface area contributed by atoms with E-state index in [1.807, 2.05) is 25.1 Å². The topological polar surface area (TPSA) is 60.0 Å². The van der Waals surface area contributed by atoms with Crippen LogP contribution in [-0.2, 0) is 16.1 Å². The van der Waals surface area contributed by atoms with Crippen LogP contribution in [0.3, 0.4) is 0 Å². The van der Waals surface area contributed by atoms with Crippen LogP contribution in [0.4, 0.5) is 5.69 Å². The number of carbonyl (C=O) groups excluding carboxylic acids is 1. The van der Waals surface area contributed by atoms with E-state index in [0.29, 0.717) is 24.5 Å². The van der Waals surface area contributed by atoms with Crippen LogP contribution >= 0.6 is 0 Å². The molecule has 0 bridgehead atoms. The number of hydrogen-bond acceptors (Lipinski definition) is 5. The molecule has 1 aliphatic rings. The molecule has 1 N–H and O–H groups in total. The second-order valence-electron chi connectivity index (χ2n) is 6.68. The Morgan fingerprint density at radius 2 is 1.86 bits per heavy atom. The van der Waals surface area contributed by atoms with E-state index in [1.54, 1.807) is 13.2 Å². The lowest BCUT2D eigenvalue weighted by Gasteiger charge is -2.29. The third kappa shape index (κ3) is 5.39. The fourth-order valence-electron chi connectivity index (χ4n) is 3.11. The standard InChI is InChI=1S/C22H28N2O4/c1-3-21(28-20-6-4-5-19(15-20)26-2)22(25)23-16-17-7-9-18(10-8-17)24-11-13-27-14-12-24/h4-10,15,21H,3,11-14,16H2,1-2H3,(H,23,25)/t21-/m0/s1. The Morgan fingerprint density at radius 3 is 2.54 bits per heavy atom. The second kappa shape index (κ2) is 9.99. The third-order valence-electron chi connectivity index (χ3n) is 4.76. The molecule has 2 aromatic carbocycles. The van der Waals surface area contributed by atoms with Gasteiger partial charge in [0, 0.05) is 31.4 Å². The van der Waals surface area contributed by atoms with E-state index < -0.39 is 6.10 Å². The predicted octanol–water partition coefficient (Wildman–Crippen LogP) is 3.01. The van der Waals surface area contributed by atoms with Gasteiger partial charge < -0.3 is 24.4 Å². The first-order chi connectivity index (χ1) is 13.7. The van der Waals surface area contributed by atoms with Gasteiger partial charge in [-0.3, -0.25) is 4.79 Å². The van der Waals surface area contributed by atoms with Crippen LogP contribution in [0, 0.1) is 0 Å². The van der Waals surface area contributed by atoms with Crippen LogP contribution < -0.4 is 19.7 Å². The van der Waals surface area contributed by atoms with Crippen molar-refractivity contribution in [2.24, 2.45) is 0 Å². The van der Waals surface area contributed by atoms with E-state index in [0.717, 1.165) is 31.9 Å². The number of methoxy groups -OCH3 is 1. The number of benzene rings is 2. The number of nitrogens with one attached hydrogen (secondary N) is 1. The Hall–Kier alpha value is -2.73. The highest BCUT2D eigenvalue weighted by molar-refractivity contribution is 5.81. The van der Waals surface area contributed by atoms with Crippen molar-refractivity contribution in [3.05, 3.63) is 54.1 Å². The van der Waals surface area contributed by atoms with Crippen molar-refractivity contribution >= 4 is 11.6 Å². The van der Waals surface area contributed by atoms with Crippen molar-refractivity contribution in [3.8, 4) is 11.5 Å². The smallest absolute Gasteiger partial charge is 0.261 e. The average molecular weight is 384 g/mol. The quantitative estimate of drug-likeness (QED) is 0.758. The molecule has 0 saturated carbocycles. The van der Waals surface area contributed by atoms with Crippen molar-refractivity contribution in [1.29, 1.82) is 0 Å². The first-order valence-corrected chi connectivity index (χ1v) is 9.69. The zero-order valence-electron chi connectivity index (χ0n) is 16.5. The minimum Gasteiger partial charge on any atom is -0.497 e. The summed E-state index contributed by atoms with van der Waals surface area (Å²) < 4.78 is 16.4. The fraction of sp³-hybridized carbons (Fsp3) is 0.409. The Kier molecular flexibility index (Phi) is 7.14. The highest BCUT2D eigenvalue weighted by atomic mass is 16.5. The summed E-state index contributed by atoms with van der Waals surface area (Å²) in [5.74, 6) is 1.20. The molecule has 0 spiro atoms. The van der Waals surface area contributed by atoms with Crippen molar-refractivity contribution in [1.82, 2.24) is 5.32 Å². The number of morpholine rings is 1. The molecule has 1 atom stereocenters. The van der Waals surface area contributed by atoms with E-state index in [4.69, 9.17) is 14.2 Å². The van der Waals surface area contributed by atoms with Gasteiger partial charge in [0.15, 0.2) is 6.10 Å². The number of amides is 1. The summed E-state index contributed by atoms with van der Waals surface area (Å²) in [6.07, 6.45) is 0.0404. The van der Waals surface area contributed by atoms with E-state index in [1.165, 1.54) is 5.69 Å². The van der Waals surface area contributed by atoms with Crippen LogP contribution in [0.5, 0.6) is 11.5 Å². The van der Waals surface area contributed by atoms with Gasteiger partial charge in [0.25, 0.3) is 5.91 Å². The molecule has 0 unspecified atom stereocenters. The van der Waals surface area contributed by atoms with Crippen molar-refractivity contribution in [3.63, 3.8) is 0 Å². The van der Waals surface area contributed by atoms with Crippen molar-refractivity contribution in [2.45, 2.75) is 26.0 Å². The van der Waals surface area contributed by atoms with Gasteiger partial charge in [-0.1, -0.05) is 25.1 Å². The Morgan fingerprint density at radius 1 is 1.14 bits per heavy atom. The summed E-state index contributed by atoms with van der Waals surface area (Å²) in [5, 5.41) is 2.97. The number of ether oxygens (including phenoxy) is 3. The van der Waals surface area contributed by atoms with Gasteiger partial charge in [-0.2, -0.15) is 0 Å². The molecule has 1 fully saturated rings. The maximum Gasteiger partial charge on any atom is 0.261 e. The van der Waals surface area contributed by atoms with Crippen LogP contribution in [0.1, 0.15) is 18.9 Å². The average Bonchev–Trinajstić information content (AvgIpc) is 2.77.